The van der Waals surface area contributed by atoms with Gasteiger partial charge in [0, 0.05) is 0 Å². The van der Waals surface area contributed by atoms with Gasteiger partial charge in [0.1, 0.15) is 0 Å². The molecular weight excluding hydrogens is 196 g/mol. The van der Waals surface area contributed by atoms with Gasteiger partial charge >= 0.3 is 0 Å². The van der Waals surface area contributed by atoms with Crippen LogP contribution in [-0.2, 0) is 6.42 Å². The van der Waals surface area contributed by atoms with Gasteiger partial charge in [0.05, 0.1) is 6.10 Å². The van der Waals surface area contributed by atoms with E-state index in [2.05, 4.69) is 30.3 Å². The Kier molecular flexibility index (Phi) is 4.41. The Balaban J connectivity index is 1.52. The molecule has 1 aliphatic carbocycles. The molecule has 0 aromatic heterocycles. The first-order chi connectivity index (χ1) is 7.86. The van der Waals surface area contributed by atoms with E-state index in [9.17, 15) is 5.11 Å². The maximum atomic E-state index is 9.71. The zero-order valence-electron chi connectivity index (χ0n) is 9.94. The van der Waals surface area contributed by atoms with Gasteiger partial charge in [-0.1, -0.05) is 43.2 Å². The van der Waals surface area contributed by atoms with Gasteiger partial charge in [-0.3, -0.25) is 0 Å². The predicted molar refractivity (Wildman–Crippen MR) is 67.3 cm³/mol. The lowest BCUT2D eigenvalue weighted by atomic mass is 10.0. The maximum absolute atomic E-state index is 9.71. The molecule has 0 heterocycles. The van der Waals surface area contributed by atoms with Gasteiger partial charge in [0.2, 0.25) is 0 Å². The minimum atomic E-state index is -0.00303. The summed E-state index contributed by atoms with van der Waals surface area (Å²) in [5.74, 6) is 0.647. The molecule has 0 amide bonds. The Labute approximate surface area is 98.5 Å². The zero-order chi connectivity index (χ0) is 11.2. The number of aryl methyl sites for hydroxylation is 1. The highest BCUT2D eigenvalue weighted by Gasteiger charge is 2.28. The third-order valence-electron chi connectivity index (χ3n) is 3.47. The number of aliphatic hydroxyl groups excluding tert-OH is 1. The van der Waals surface area contributed by atoms with Crippen LogP contribution in [0.1, 0.15) is 44.1 Å². The van der Waals surface area contributed by atoms with Gasteiger partial charge in [-0.2, -0.15) is 0 Å². The molecule has 0 bridgehead atoms. The quantitative estimate of drug-likeness (QED) is 0.694. The van der Waals surface area contributed by atoms with Gasteiger partial charge in [0.15, 0.2) is 0 Å². The molecule has 1 unspecified atom stereocenters. The number of rotatable bonds is 7. The largest absolute Gasteiger partial charge is 0.393 e. The summed E-state index contributed by atoms with van der Waals surface area (Å²) in [4.78, 5) is 0. The Morgan fingerprint density at radius 1 is 1.06 bits per heavy atom. The Bertz CT molecular complexity index is 290. The van der Waals surface area contributed by atoms with Crippen molar-refractivity contribution in [2.45, 2.75) is 51.0 Å². The first-order valence-corrected chi connectivity index (χ1v) is 6.58. The van der Waals surface area contributed by atoms with Crippen LogP contribution in [0, 0.1) is 5.92 Å². The Hall–Kier alpha value is -0.820. The molecule has 1 aromatic rings. The lowest BCUT2D eigenvalue weighted by molar-refractivity contribution is 0.138. The smallest absolute Gasteiger partial charge is 0.0568 e. The third kappa shape index (κ3) is 3.97. The molecule has 1 nitrogen and oxygen atoms in total. The SMILES string of the molecule is OC(CCCCCc1ccccc1)C1CC1. The number of hydrogen-bond donors (Lipinski definition) is 1. The molecule has 1 atom stereocenters. The molecule has 0 spiro atoms. The summed E-state index contributed by atoms with van der Waals surface area (Å²) in [5, 5.41) is 9.71. The van der Waals surface area contributed by atoms with Crippen LogP contribution in [0.2, 0.25) is 0 Å². The standard InChI is InChI=1S/C15H22O/c16-15(14-11-12-14)10-6-2-5-9-13-7-3-1-4-8-13/h1,3-4,7-8,14-16H,2,5-6,9-12H2. The third-order valence-corrected chi connectivity index (χ3v) is 3.47. The van der Waals surface area contributed by atoms with Gasteiger partial charge in [-0.25, -0.2) is 0 Å². The number of hydrogen-bond acceptors (Lipinski definition) is 1. The van der Waals surface area contributed by atoms with Crippen molar-refractivity contribution in [3.05, 3.63) is 35.9 Å². The van der Waals surface area contributed by atoms with Crippen molar-refractivity contribution in [2.24, 2.45) is 5.92 Å². The minimum absolute atomic E-state index is 0.00303. The van der Waals surface area contributed by atoms with Crippen LogP contribution in [0.4, 0.5) is 0 Å². The van der Waals surface area contributed by atoms with Gasteiger partial charge in [-0.15, -0.1) is 0 Å². The highest BCUT2D eigenvalue weighted by Crippen LogP contribution is 2.34. The highest BCUT2D eigenvalue weighted by molar-refractivity contribution is 5.14. The monoisotopic (exact) mass is 218 g/mol. The second-order valence-electron chi connectivity index (χ2n) is 4.99. The zero-order valence-corrected chi connectivity index (χ0v) is 9.94. The molecule has 1 N–H and O–H groups in total. The van der Waals surface area contributed by atoms with Crippen LogP contribution < -0.4 is 0 Å². The van der Waals surface area contributed by atoms with Crippen molar-refractivity contribution < 1.29 is 5.11 Å². The van der Waals surface area contributed by atoms with Crippen molar-refractivity contribution in [1.29, 1.82) is 0 Å². The van der Waals surface area contributed by atoms with Gasteiger partial charge in [0.25, 0.3) is 0 Å². The predicted octanol–water partition coefficient (Wildman–Crippen LogP) is 3.56. The first kappa shape index (κ1) is 11.7. The molecule has 0 radical (unpaired) electrons. The molecule has 1 heteroatoms. The average Bonchev–Trinajstić information content (AvgIpc) is 3.13. The average molecular weight is 218 g/mol. The van der Waals surface area contributed by atoms with Gasteiger partial charge < -0.3 is 5.11 Å². The molecule has 88 valence electrons. The van der Waals surface area contributed by atoms with Crippen LogP contribution >= 0.6 is 0 Å². The van der Waals surface area contributed by atoms with E-state index in [-0.39, 0.29) is 6.10 Å². The number of benzene rings is 1. The number of unbranched alkanes of at least 4 members (excludes halogenated alkanes) is 2. The second-order valence-corrected chi connectivity index (χ2v) is 4.99. The van der Waals surface area contributed by atoms with E-state index in [0.29, 0.717) is 5.92 Å². The lowest BCUT2D eigenvalue weighted by Gasteiger charge is -2.08. The van der Waals surface area contributed by atoms with Crippen LogP contribution in [0.3, 0.4) is 0 Å². The van der Waals surface area contributed by atoms with Crippen LogP contribution in [-0.4, -0.2) is 11.2 Å². The fraction of sp³-hybridized carbons (Fsp3) is 0.600. The summed E-state index contributed by atoms with van der Waals surface area (Å²) in [5.41, 5.74) is 1.44. The van der Waals surface area contributed by atoms with Crippen LogP contribution in [0.25, 0.3) is 0 Å². The van der Waals surface area contributed by atoms with E-state index in [4.69, 9.17) is 0 Å². The van der Waals surface area contributed by atoms with Crippen molar-refractivity contribution in [1.82, 2.24) is 0 Å². The summed E-state index contributed by atoms with van der Waals surface area (Å²) in [6.07, 6.45) is 8.39. The molecule has 0 aliphatic heterocycles. The molecule has 1 aromatic carbocycles. The topological polar surface area (TPSA) is 20.2 Å². The minimum Gasteiger partial charge on any atom is -0.393 e. The van der Waals surface area contributed by atoms with Crippen molar-refractivity contribution in [3.8, 4) is 0 Å². The van der Waals surface area contributed by atoms with Gasteiger partial charge in [-0.05, 0) is 43.6 Å². The molecule has 1 aliphatic rings. The van der Waals surface area contributed by atoms with Crippen molar-refractivity contribution >= 4 is 0 Å². The van der Waals surface area contributed by atoms with Crippen LogP contribution in [0.15, 0.2) is 30.3 Å². The second kappa shape index (κ2) is 6.05. The summed E-state index contributed by atoms with van der Waals surface area (Å²) in [6.45, 7) is 0. The number of aliphatic hydroxyl groups is 1. The van der Waals surface area contributed by atoms with E-state index < -0.39 is 0 Å². The lowest BCUT2D eigenvalue weighted by Crippen LogP contribution is -2.08. The Morgan fingerprint density at radius 3 is 2.50 bits per heavy atom. The van der Waals surface area contributed by atoms with Crippen molar-refractivity contribution in [3.63, 3.8) is 0 Å². The molecule has 2 rings (SSSR count). The van der Waals surface area contributed by atoms with Crippen LogP contribution in [0.5, 0.6) is 0 Å². The van der Waals surface area contributed by atoms with E-state index in [1.165, 1.54) is 44.1 Å². The van der Waals surface area contributed by atoms with E-state index in [0.717, 1.165) is 6.42 Å². The fourth-order valence-corrected chi connectivity index (χ4v) is 2.22. The maximum Gasteiger partial charge on any atom is 0.0568 e. The molecule has 0 saturated heterocycles. The Morgan fingerprint density at radius 2 is 1.81 bits per heavy atom. The summed E-state index contributed by atoms with van der Waals surface area (Å²) in [7, 11) is 0. The van der Waals surface area contributed by atoms with E-state index >= 15 is 0 Å². The normalized spacial score (nSPS) is 17.3. The molecule has 16 heavy (non-hydrogen) atoms. The summed E-state index contributed by atoms with van der Waals surface area (Å²) < 4.78 is 0. The van der Waals surface area contributed by atoms with E-state index in [1.807, 2.05) is 0 Å². The van der Waals surface area contributed by atoms with E-state index in [1.54, 1.807) is 0 Å². The van der Waals surface area contributed by atoms with Crippen molar-refractivity contribution in [2.75, 3.05) is 0 Å². The summed E-state index contributed by atoms with van der Waals surface area (Å²) >= 11 is 0. The fourth-order valence-electron chi connectivity index (χ4n) is 2.22. The first-order valence-electron chi connectivity index (χ1n) is 6.58. The molecule has 1 fully saturated rings. The molecular formula is C15H22O. The molecule has 1 saturated carbocycles. The summed E-state index contributed by atoms with van der Waals surface area (Å²) in [6, 6.07) is 10.7. The highest BCUT2D eigenvalue weighted by atomic mass is 16.3.